The largest absolute Gasteiger partial charge is 0.271 e. The maximum atomic E-state index is 14.0. The molecule has 0 spiro atoms. The van der Waals surface area contributed by atoms with Gasteiger partial charge in [0.2, 0.25) is 0 Å². The summed E-state index contributed by atoms with van der Waals surface area (Å²) in [4.78, 5) is 4.64. The number of thiazole rings is 1. The number of benzene rings is 1. The Morgan fingerprint density at radius 3 is 2.67 bits per heavy atom. The van der Waals surface area contributed by atoms with Gasteiger partial charge in [-0.05, 0) is 12.1 Å². The number of nitrogens with zero attached hydrogens (tertiary/aromatic N) is 1. The fourth-order valence-electron chi connectivity index (χ4n) is 2.01. The van der Waals surface area contributed by atoms with Crippen molar-refractivity contribution < 1.29 is 4.39 Å². The first-order valence-electron chi connectivity index (χ1n) is 6.68. The molecule has 6 heteroatoms. The van der Waals surface area contributed by atoms with Crippen LogP contribution in [0.4, 0.5) is 4.39 Å². The Morgan fingerprint density at radius 2 is 2.14 bits per heavy atom. The van der Waals surface area contributed by atoms with E-state index in [4.69, 9.17) is 5.84 Å². The summed E-state index contributed by atoms with van der Waals surface area (Å²) in [5.74, 6) is 5.34. The number of aromatic nitrogens is 1. The summed E-state index contributed by atoms with van der Waals surface area (Å²) in [5, 5.41) is 3.00. The highest BCUT2D eigenvalue weighted by atomic mass is 79.9. The smallest absolute Gasteiger partial charge is 0.129 e. The van der Waals surface area contributed by atoms with Gasteiger partial charge in [-0.2, -0.15) is 0 Å². The van der Waals surface area contributed by atoms with Crippen LogP contribution in [0.1, 0.15) is 43.1 Å². The summed E-state index contributed by atoms with van der Waals surface area (Å²) < 4.78 is 14.7. The number of hydrogen-bond acceptors (Lipinski definition) is 4. The molecule has 1 unspecified atom stereocenters. The monoisotopic (exact) mass is 371 g/mol. The lowest BCUT2D eigenvalue weighted by Crippen LogP contribution is -2.30. The quantitative estimate of drug-likeness (QED) is 0.628. The summed E-state index contributed by atoms with van der Waals surface area (Å²) in [6.45, 7) is 6.37. The van der Waals surface area contributed by atoms with Gasteiger partial charge in [-0.15, -0.1) is 11.3 Å². The Morgan fingerprint density at radius 1 is 1.43 bits per heavy atom. The fourth-order valence-corrected chi connectivity index (χ4v) is 3.70. The van der Waals surface area contributed by atoms with E-state index in [1.807, 2.05) is 6.07 Å². The second-order valence-corrected chi connectivity index (χ2v) is 7.73. The number of rotatable bonds is 4. The van der Waals surface area contributed by atoms with Crippen LogP contribution < -0.4 is 11.3 Å². The second kappa shape index (κ2) is 6.52. The molecule has 21 heavy (non-hydrogen) atoms. The molecule has 1 heterocycles. The van der Waals surface area contributed by atoms with Gasteiger partial charge in [-0.1, -0.05) is 42.8 Å². The predicted molar refractivity (Wildman–Crippen MR) is 88.7 cm³/mol. The van der Waals surface area contributed by atoms with Crippen LogP contribution in [0.5, 0.6) is 0 Å². The zero-order chi connectivity index (χ0) is 15.6. The highest BCUT2D eigenvalue weighted by Gasteiger charge is 2.22. The third-order valence-corrected chi connectivity index (χ3v) is 4.81. The fraction of sp³-hybridized carbons (Fsp3) is 0.400. The van der Waals surface area contributed by atoms with E-state index in [9.17, 15) is 4.39 Å². The number of hydrazine groups is 1. The number of nitrogens with one attached hydrogen (secondary N) is 1. The van der Waals surface area contributed by atoms with Gasteiger partial charge in [0.1, 0.15) is 5.82 Å². The van der Waals surface area contributed by atoms with Gasteiger partial charge in [0.25, 0.3) is 0 Å². The third kappa shape index (κ3) is 3.88. The molecule has 114 valence electrons. The lowest BCUT2D eigenvalue weighted by atomic mass is 9.93. The average molecular weight is 372 g/mol. The first kappa shape index (κ1) is 16.5. The van der Waals surface area contributed by atoms with Gasteiger partial charge in [0.05, 0.1) is 16.7 Å². The molecule has 3 nitrogen and oxygen atoms in total. The van der Waals surface area contributed by atoms with Gasteiger partial charge in [0.15, 0.2) is 0 Å². The maximum absolute atomic E-state index is 14.0. The number of hydrogen-bond donors (Lipinski definition) is 2. The zero-order valence-corrected chi connectivity index (χ0v) is 14.7. The van der Waals surface area contributed by atoms with Crippen molar-refractivity contribution in [2.75, 3.05) is 0 Å². The molecule has 0 bridgehead atoms. The van der Waals surface area contributed by atoms with Crippen LogP contribution in [0.25, 0.3) is 0 Å². The molecule has 3 N–H and O–H groups in total. The Balaban J connectivity index is 2.26. The van der Waals surface area contributed by atoms with Crippen molar-refractivity contribution >= 4 is 27.3 Å². The van der Waals surface area contributed by atoms with Crippen molar-refractivity contribution in [3.63, 3.8) is 0 Å². The lowest BCUT2D eigenvalue weighted by Gasteiger charge is -2.18. The first-order valence-corrected chi connectivity index (χ1v) is 8.35. The van der Waals surface area contributed by atoms with Gasteiger partial charge in [0, 0.05) is 27.3 Å². The molecular formula is C15H19BrFN3S. The molecule has 1 aromatic carbocycles. The van der Waals surface area contributed by atoms with E-state index in [0.29, 0.717) is 16.5 Å². The normalized spacial score (nSPS) is 13.4. The van der Waals surface area contributed by atoms with Crippen molar-refractivity contribution in [3.05, 3.63) is 50.1 Å². The highest BCUT2D eigenvalue weighted by molar-refractivity contribution is 9.10. The van der Waals surface area contributed by atoms with E-state index in [1.54, 1.807) is 17.4 Å². The minimum atomic E-state index is -0.320. The van der Waals surface area contributed by atoms with Gasteiger partial charge >= 0.3 is 0 Å². The Bertz CT molecular complexity index is 601. The SMILES string of the molecule is CC(C)(C)c1csc(CC(NN)c2c(F)cccc2Br)n1. The van der Waals surface area contributed by atoms with Crippen LogP contribution in [-0.4, -0.2) is 4.98 Å². The molecule has 1 atom stereocenters. The van der Waals surface area contributed by atoms with Gasteiger partial charge < -0.3 is 0 Å². The van der Waals surface area contributed by atoms with E-state index < -0.39 is 0 Å². The Kier molecular flexibility index (Phi) is 5.14. The Labute approximate surface area is 136 Å². The summed E-state index contributed by atoms with van der Waals surface area (Å²) in [7, 11) is 0. The molecule has 0 radical (unpaired) electrons. The molecule has 2 rings (SSSR count). The minimum Gasteiger partial charge on any atom is -0.271 e. The molecule has 0 aliphatic carbocycles. The molecule has 0 saturated heterocycles. The van der Waals surface area contributed by atoms with Crippen molar-refractivity contribution in [3.8, 4) is 0 Å². The second-order valence-electron chi connectivity index (χ2n) is 5.94. The summed E-state index contributed by atoms with van der Waals surface area (Å²) in [6.07, 6.45) is 0.552. The minimum absolute atomic E-state index is 0.0129. The van der Waals surface area contributed by atoms with Crippen molar-refractivity contribution in [1.82, 2.24) is 10.4 Å². The zero-order valence-electron chi connectivity index (χ0n) is 12.3. The Hall–Kier alpha value is -0.820. The third-order valence-electron chi connectivity index (χ3n) is 3.25. The predicted octanol–water partition coefficient (Wildman–Crippen LogP) is 4.09. The standard InChI is InChI=1S/C15H19BrFN3S/c1-15(2,3)12-8-21-13(19-12)7-11(20-18)14-9(16)5-4-6-10(14)17/h4-6,8,11,20H,7,18H2,1-3H3. The van der Waals surface area contributed by atoms with E-state index in [2.05, 4.69) is 52.5 Å². The van der Waals surface area contributed by atoms with Gasteiger partial charge in [-0.25, -0.2) is 9.37 Å². The highest BCUT2D eigenvalue weighted by Crippen LogP contribution is 2.30. The summed E-state index contributed by atoms with van der Waals surface area (Å²) >= 11 is 4.97. The van der Waals surface area contributed by atoms with E-state index in [0.717, 1.165) is 10.7 Å². The molecule has 1 aromatic heterocycles. The van der Waals surface area contributed by atoms with Crippen LogP contribution >= 0.6 is 27.3 Å². The van der Waals surface area contributed by atoms with Crippen LogP contribution in [0.2, 0.25) is 0 Å². The molecular weight excluding hydrogens is 353 g/mol. The van der Waals surface area contributed by atoms with Crippen molar-refractivity contribution in [2.45, 2.75) is 38.6 Å². The summed E-state index contributed by atoms with van der Waals surface area (Å²) in [5.41, 5.74) is 4.29. The lowest BCUT2D eigenvalue weighted by molar-refractivity contribution is 0.504. The van der Waals surface area contributed by atoms with E-state index >= 15 is 0 Å². The van der Waals surface area contributed by atoms with Crippen LogP contribution in [0.15, 0.2) is 28.1 Å². The number of halogens is 2. The molecule has 0 fully saturated rings. The van der Waals surface area contributed by atoms with Crippen molar-refractivity contribution in [2.24, 2.45) is 5.84 Å². The molecule has 0 aliphatic rings. The molecule has 0 aliphatic heterocycles. The van der Waals surface area contributed by atoms with E-state index in [1.165, 1.54) is 6.07 Å². The first-order chi connectivity index (χ1) is 9.82. The van der Waals surface area contributed by atoms with Gasteiger partial charge in [-0.3, -0.25) is 11.3 Å². The molecule has 2 aromatic rings. The molecule has 0 amide bonds. The van der Waals surface area contributed by atoms with E-state index in [-0.39, 0.29) is 17.3 Å². The molecule has 0 saturated carbocycles. The van der Waals surface area contributed by atoms with Crippen LogP contribution in [-0.2, 0) is 11.8 Å². The van der Waals surface area contributed by atoms with Crippen molar-refractivity contribution in [1.29, 1.82) is 0 Å². The average Bonchev–Trinajstić information content (AvgIpc) is 2.85. The van der Waals surface area contributed by atoms with Crippen LogP contribution in [0, 0.1) is 5.82 Å². The topological polar surface area (TPSA) is 50.9 Å². The maximum Gasteiger partial charge on any atom is 0.129 e. The van der Waals surface area contributed by atoms with Crippen LogP contribution in [0.3, 0.4) is 0 Å². The summed E-state index contributed by atoms with van der Waals surface area (Å²) in [6, 6.07) is 4.59. The number of nitrogens with two attached hydrogens (primary N) is 1.